The van der Waals surface area contributed by atoms with Gasteiger partial charge in [-0.2, -0.15) is 4.98 Å². The number of benzene rings is 1. The maximum atomic E-state index is 14.2. The number of piperidine rings is 1. The SMILES string of the molecule is CCCN(c1nccc(OC)n1)C1CCN(C[C@H]2CN([C@@H](C(=O)O)C3CCC3)C[C@@H]2c2cccc(F)c2)CC1. The highest BCUT2D eigenvalue weighted by Gasteiger charge is 2.44. The van der Waals surface area contributed by atoms with Crippen LogP contribution in [-0.4, -0.2) is 89.3 Å². The third-order valence-electron chi connectivity index (χ3n) is 9.03. The molecule has 0 bridgehead atoms. The summed E-state index contributed by atoms with van der Waals surface area (Å²) in [6, 6.07) is 8.61. The summed E-state index contributed by atoms with van der Waals surface area (Å²) in [5.74, 6) is 0.983. The van der Waals surface area contributed by atoms with Crippen molar-refractivity contribution in [3.05, 3.63) is 47.9 Å². The molecule has 2 aliphatic heterocycles. The molecule has 5 rings (SSSR count). The Morgan fingerprint density at radius 2 is 2.00 bits per heavy atom. The molecule has 3 aliphatic rings. The molecular formula is C30H42FN5O3. The highest BCUT2D eigenvalue weighted by molar-refractivity contribution is 5.74. The van der Waals surface area contributed by atoms with Crippen LogP contribution in [0.4, 0.5) is 10.3 Å². The smallest absolute Gasteiger partial charge is 0.321 e. The van der Waals surface area contributed by atoms with Crippen LogP contribution < -0.4 is 9.64 Å². The molecule has 3 fully saturated rings. The van der Waals surface area contributed by atoms with Crippen molar-refractivity contribution in [3.63, 3.8) is 0 Å². The average molecular weight is 540 g/mol. The maximum absolute atomic E-state index is 14.2. The largest absolute Gasteiger partial charge is 0.481 e. The van der Waals surface area contributed by atoms with Gasteiger partial charge in [-0.15, -0.1) is 0 Å². The number of carboxylic acids is 1. The van der Waals surface area contributed by atoms with Gasteiger partial charge in [-0.05, 0) is 61.6 Å². The van der Waals surface area contributed by atoms with Gasteiger partial charge in [-0.1, -0.05) is 25.5 Å². The third-order valence-corrected chi connectivity index (χ3v) is 9.03. The van der Waals surface area contributed by atoms with Crippen LogP contribution >= 0.6 is 0 Å². The summed E-state index contributed by atoms with van der Waals surface area (Å²) >= 11 is 0. The molecule has 9 heteroatoms. The molecule has 3 atom stereocenters. The molecule has 1 N–H and O–H groups in total. The van der Waals surface area contributed by atoms with E-state index in [1.807, 2.05) is 6.07 Å². The summed E-state index contributed by atoms with van der Waals surface area (Å²) in [4.78, 5) is 28.5. The van der Waals surface area contributed by atoms with Gasteiger partial charge in [0.25, 0.3) is 0 Å². The molecular weight excluding hydrogens is 497 g/mol. The molecule has 1 aromatic heterocycles. The first-order chi connectivity index (χ1) is 19.0. The van der Waals surface area contributed by atoms with E-state index in [0.717, 1.165) is 82.8 Å². The predicted octanol–water partition coefficient (Wildman–Crippen LogP) is 4.27. The Kier molecular flexibility index (Phi) is 8.97. The monoisotopic (exact) mass is 539 g/mol. The van der Waals surface area contributed by atoms with E-state index in [1.54, 1.807) is 31.5 Å². The fourth-order valence-corrected chi connectivity index (χ4v) is 6.86. The van der Waals surface area contributed by atoms with Crippen molar-refractivity contribution in [1.82, 2.24) is 19.8 Å². The van der Waals surface area contributed by atoms with E-state index in [2.05, 4.69) is 31.6 Å². The van der Waals surface area contributed by atoms with Crippen molar-refractivity contribution in [3.8, 4) is 5.88 Å². The number of likely N-dealkylation sites (tertiary alicyclic amines) is 2. The fourth-order valence-electron chi connectivity index (χ4n) is 6.86. The second kappa shape index (κ2) is 12.6. The normalized spacial score (nSPS) is 23.9. The fraction of sp³-hybridized carbons (Fsp3) is 0.633. The van der Waals surface area contributed by atoms with Gasteiger partial charge in [0.05, 0.1) is 7.11 Å². The summed E-state index contributed by atoms with van der Waals surface area (Å²) in [6.45, 7) is 7.32. The van der Waals surface area contributed by atoms with Crippen LogP contribution in [-0.2, 0) is 4.79 Å². The molecule has 0 unspecified atom stereocenters. The topological polar surface area (TPSA) is 82.0 Å². The van der Waals surface area contributed by atoms with Crippen LogP contribution in [0, 0.1) is 17.7 Å². The Hall–Kier alpha value is -2.78. The lowest BCUT2D eigenvalue weighted by atomic mass is 9.79. The van der Waals surface area contributed by atoms with Crippen molar-refractivity contribution < 1.29 is 19.0 Å². The number of carbonyl (C=O) groups is 1. The second-order valence-corrected chi connectivity index (χ2v) is 11.5. The minimum absolute atomic E-state index is 0.127. The van der Waals surface area contributed by atoms with E-state index in [9.17, 15) is 14.3 Å². The highest BCUT2D eigenvalue weighted by Crippen LogP contribution is 2.40. The number of carboxylic acid groups (broad SMARTS) is 1. The Morgan fingerprint density at radius 1 is 1.21 bits per heavy atom. The first-order valence-electron chi connectivity index (χ1n) is 14.5. The lowest BCUT2D eigenvalue weighted by molar-refractivity contribution is -0.146. The minimum atomic E-state index is -0.713. The first kappa shape index (κ1) is 27.8. The van der Waals surface area contributed by atoms with Gasteiger partial charge in [0, 0.05) is 63.5 Å². The van der Waals surface area contributed by atoms with Crippen LogP contribution in [0.2, 0.25) is 0 Å². The number of methoxy groups -OCH3 is 1. The molecule has 1 aliphatic carbocycles. The summed E-state index contributed by atoms with van der Waals surface area (Å²) in [5.41, 5.74) is 0.986. The Bertz CT molecular complexity index is 1110. The first-order valence-corrected chi connectivity index (χ1v) is 14.5. The van der Waals surface area contributed by atoms with E-state index in [-0.39, 0.29) is 23.6 Å². The van der Waals surface area contributed by atoms with Crippen LogP contribution in [0.5, 0.6) is 5.88 Å². The van der Waals surface area contributed by atoms with Gasteiger partial charge in [-0.25, -0.2) is 9.37 Å². The van der Waals surface area contributed by atoms with E-state index in [0.29, 0.717) is 18.5 Å². The summed E-state index contributed by atoms with van der Waals surface area (Å²) in [6.07, 6.45) is 7.89. The van der Waals surface area contributed by atoms with Gasteiger partial charge in [0.1, 0.15) is 11.9 Å². The molecule has 0 radical (unpaired) electrons. The van der Waals surface area contributed by atoms with E-state index < -0.39 is 12.0 Å². The van der Waals surface area contributed by atoms with Gasteiger partial charge < -0.3 is 19.6 Å². The lowest BCUT2D eigenvalue weighted by Crippen LogP contribution is -2.48. The molecule has 3 heterocycles. The van der Waals surface area contributed by atoms with Crippen molar-refractivity contribution in [2.75, 3.05) is 51.3 Å². The van der Waals surface area contributed by atoms with Crippen molar-refractivity contribution in [1.29, 1.82) is 0 Å². The van der Waals surface area contributed by atoms with Gasteiger partial charge in [-0.3, -0.25) is 9.69 Å². The molecule has 1 aromatic carbocycles. The molecule has 1 saturated carbocycles. The molecule has 0 amide bonds. The van der Waals surface area contributed by atoms with E-state index in [4.69, 9.17) is 4.74 Å². The maximum Gasteiger partial charge on any atom is 0.321 e. The minimum Gasteiger partial charge on any atom is -0.481 e. The number of halogens is 1. The van der Waals surface area contributed by atoms with Crippen molar-refractivity contribution >= 4 is 11.9 Å². The highest BCUT2D eigenvalue weighted by atomic mass is 19.1. The van der Waals surface area contributed by atoms with E-state index in [1.165, 1.54) is 6.07 Å². The van der Waals surface area contributed by atoms with Gasteiger partial charge in [0.15, 0.2) is 0 Å². The van der Waals surface area contributed by atoms with Crippen LogP contribution in [0.3, 0.4) is 0 Å². The number of rotatable bonds is 11. The van der Waals surface area contributed by atoms with E-state index >= 15 is 0 Å². The number of anilines is 1. The number of hydrogen-bond donors (Lipinski definition) is 1. The molecule has 2 saturated heterocycles. The zero-order valence-corrected chi connectivity index (χ0v) is 23.2. The number of aromatic nitrogens is 2. The summed E-state index contributed by atoms with van der Waals surface area (Å²) in [5, 5.41) is 10.1. The Labute approximate surface area is 231 Å². The molecule has 2 aromatic rings. The second-order valence-electron chi connectivity index (χ2n) is 11.5. The van der Waals surface area contributed by atoms with Gasteiger partial charge in [0.2, 0.25) is 11.8 Å². The predicted molar refractivity (Wildman–Crippen MR) is 149 cm³/mol. The van der Waals surface area contributed by atoms with Crippen LogP contribution in [0.15, 0.2) is 36.5 Å². The van der Waals surface area contributed by atoms with Crippen molar-refractivity contribution in [2.24, 2.45) is 11.8 Å². The molecule has 0 spiro atoms. The number of ether oxygens (including phenoxy) is 1. The van der Waals surface area contributed by atoms with Crippen molar-refractivity contribution in [2.45, 2.75) is 63.5 Å². The standard InChI is InChI=1S/C30H42FN5O3/c1-3-14-36(30-32-13-10-27(33-30)39-2)25-11-15-34(16-12-25)18-23-19-35(28(29(37)38)21-6-4-7-21)20-26(23)22-8-5-9-24(31)17-22/h5,8-10,13,17,21,23,25-26,28H,3-4,6-7,11-12,14-16,18-20H2,1-2H3,(H,37,38)/t23-,26+,28+/m0/s1. The zero-order valence-electron chi connectivity index (χ0n) is 23.2. The Morgan fingerprint density at radius 3 is 2.64 bits per heavy atom. The molecule has 212 valence electrons. The average Bonchev–Trinajstić information content (AvgIpc) is 3.32. The van der Waals surface area contributed by atoms with Crippen LogP contribution in [0.25, 0.3) is 0 Å². The Balaban J connectivity index is 1.27. The zero-order chi connectivity index (χ0) is 27.4. The number of hydrogen-bond acceptors (Lipinski definition) is 7. The summed E-state index contributed by atoms with van der Waals surface area (Å²) < 4.78 is 19.5. The van der Waals surface area contributed by atoms with Gasteiger partial charge >= 0.3 is 5.97 Å². The molecule has 39 heavy (non-hydrogen) atoms. The number of aliphatic carboxylic acids is 1. The third kappa shape index (κ3) is 6.35. The lowest BCUT2D eigenvalue weighted by Gasteiger charge is -2.40. The van der Waals surface area contributed by atoms with Crippen LogP contribution in [0.1, 0.15) is 56.9 Å². The number of nitrogens with zero attached hydrogens (tertiary/aromatic N) is 5. The quantitative estimate of drug-likeness (QED) is 0.453. The molecule has 8 nitrogen and oxygen atoms in total. The summed E-state index contributed by atoms with van der Waals surface area (Å²) in [7, 11) is 1.63.